The third-order valence-corrected chi connectivity index (χ3v) is 16.2. The van der Waals surface area contributed by atoms with Crippen molar-refractivity contribution >= 4 is 33.6 Å². The molecular formula is C66H54F4N6O8. The van der Waals surface area contributed by atoms with Crippen LogP contribution in [0.25, 0.3) is 77.7 Å². The molecular weight excluding hydrogens is 1080 g/mol. The summed E-state index contributed by atoms with van der Waals surface area (Å²) in [5, 5.41) is 21.2. The van der Waals surface area contributed by atoms with Gasteiger partial charge in [0.1, 0.15) is 23.3 Å². The molecule has 12 rings (SSSR count). The number of primary amides is 2. The van der Waals surface area contributed by atoms with Crippen LogP contribution in [0.2, 0.25) is 0 Å². The molecule has 84 heavy (non-hydrogen) atoms. The van der Waals surface area contributed by atoms with Crippen LogP contribution in [0.15, 0.2) is 134 Å². The molecule has 2 heterocycles. The summed E-state index contributed by atoms with van der Waals surface area (Å²) in [5.74, 6) is -4.33. The Morgan fingerprint density at radius 1 is 0.536 bits per heavy atom. The van der Waals surface area contributed by atoms with Crippen LogP contribution in [0.3, 0.4) is 0 Å². The number of nitrogens with one attached hydrogen (secondary N) is 1. The van der Waals surface area contributed by atoms with Crippen molar-refractivity contribution in [3.05, 3.63) is 241 Å². The zero-order valence-corrected chi connectivity index (χ0v) is 46.7. The predicted molar refractivity (Wildman–Crippen MR) is 314 cm³/mol. The van der Waals surface area contributed by atoms with Gasteiger partial charge in [0.2, 0.25) is 11.8 Å². The van der Waals surface area contributed by atoms with Gasteiger partial charge in [0.15, 0.2) is 0 Å². The Morgan fingerprint density at radius 2 is 1.00 bits per heavy atom. The van der Waals surface area contributed by atoms with Gasteiger partial charge in [-0.3, -0.25) is 23.7 Å². The van der Waals surface area contributed by atoms with Crippen molar-refractivity contribution in [2.75, 3.05) is 0 Å². The molecule has 10 aromatic rings. The maximum atomic E-state index is 16.1. The van der Waals surface area contributed by atoms with Gasteiger partial charge in [-0.2, -0.15) is 0 Å². The summed E-state index contributed by atoms with van der Waals surface area (Å²) in [4.78, 5) is 80.9. The highest BCUT2D eigenvalue weighted by Gasteiger charge is 2.34. The Hall–Kier alpha value is -9.78. The lowest BCUT2D eigenvalue weighted by Crippen LogP contribution is -2.38. The van der Waals surface area contributed by atoms with Gasteiger partial charge in [-0.15, -0.1) is 0 Å². The zero-order chi connectivity index (χ0) is 60.5. The van der Waals surface area contributed by atoms with Crippen LogP contribution in [0.1, 0.15) is 98.5 Å². The molecule has 2 aliphatic rings. The van der Waals surface area contributed by atoms with Crippen LogP contribution in [0, 0.1) is 44.0 Å². The number of amides is 2. The summed E-state index contributed by atoms with van der Waals surface area (Å²) in [7, 11) is 1.39. The summed E-state index contributed by atoms with van der Waals surface area (Å²) < 4.78 is 64.2. The third kappa shape index (κ3) is 8.96. The van der Waals surface area contributed by atoms with E-state index in [9.17, 15) is 47.8 Å². The molecule has 0 saturated heterocycles. The quantitative estimate of drug-likeness (QED) is 0.0918. The van der Waals surface area contributed by atoms with Crippen molar-refractivity contribution in [2.24, 2.45) is 18.5 Å². The number of carbonyl (C=O) groups excluding carboxylic acids is 2. The van der Waals surface area contributed by atoms with Crippen LogP contribution in [-0.4, -0.2) is 40.7 Å². The Kier molecular flexibility index (Phi) is 13.3. The number of aromatic amines is 1. The van der Waals surface area contributed by atoms with Gasteiger partial charge in [-0.1, -0.05) is 66.7 Å². The minimum Gasteiger partial charge on any atom is -0.386 e. The summed E-state index contributed by atoms with van der Waals surface area (Å²) >= 11 is 0. The average molecular weight is 1140 g/mol. The number of halogens is 4. The molecule has 0 fully saturated rings. The standard InChI is InChI=1S/2C33H27F2N3O4/c1-16-19(7-6-10-26(16)38-31(40)21-8-5-9-24(34)29(21)37(4)32(38)41)28-25(35)15-23(30(36)39)22-14-17-13-18(33(2,3)42)11-12-20(17)27(22)28;1-15-10-23-29(25(35)11-15)37-32(41)38(31(23)40)26-7-5-6-19(16(26)2)28-24(34)14-22(30(36)39)21-13-17-12-18(33(3,4)42)8-9-20(17)27(21)28/h5-13,15,42H,14H2,1-4H3,(H2,36,39);5-12,14,42H,13H2,1-4H3,(H2,36,39)(H,37,41). The lowest BCUT2D eigenvalue weighted by Gasteiger charge is -2.20. The Bertz CT molecular complexity index is 4840. The number of fused-ring (bicyclic) bond motifs is 8. The molecule has 2 aliphatic carbocycles. The van der Waals surface area contributed by atoms with Gasteiger partial charge < -0.3 is 26.7 Å². The van der Waals surface area contributed by atoms with Crippen LogP contribution < -0.4 is 34.0 Å². The number of aryl methyl sites for hydroxylation is 2. The number of aromatic nitrogens is 4. The number of nitrogens with two attached hydrogens (primary N) is 2. The number of carbonyl (C=O) groups is 2. The second-order valence-electron chi connectivity index (χ2n) is 22.5. The minimum atomic E-state index is -1.11. The Morgan fingerprint density at radius 3 is 1.48 bits per heavy atom. The largest absolute Gasteiger partial charge is 0.386 e. The van der Waals surface area contributed by atoms with Gasteiger partial charge in [-0.25, -0.2) is 36.3 Å². The molecule has 2 amide bonds. The average Bonchev–Trinajstić information content (AvgIpc) is 1.50. The molecule has 2 aromatic heterocycles. The normalized spacial score (nSPS) is 12.5. The van der Waals surface area contributed by atoms with E-state index in [1.807, 2.05) is 12.1 Å². The highest BCUT2D eigenvalue weighted by Crippen LogP contribution is 2.50. The summed E-state index contributed by atoms with van der Waals surface area (Å²) in [6.07, 6.45) is 0.600. The van der Waals surface area contributed by atoms with Gasteiger partial charge in [0, 0.05) is 29.3 Å². The first-order valence-corrected chi connectivity index (χ1v) is 26.7. The highest BCUT2D eigenvalue weighted by molar-refractivity contribution is 6.04. The SMILES string of the molecule is Cc1c(-c2c(F)cc(C(N)=O)c3c2-c2ccc(C(C)(C)O)cc2C3)cccc1-n1c(=O)c2cccc(F)c2n(C)c1=O.Cc1cc(F)c2[nH]c(=O)n(-c3cccc(-c4c(F)cc(C(N)=O)c5c4-c4ccc(C(C)(C)O)cc4C5)c3C)c(=O)c2c1. The first-order chi connectivity index (χ1) is 39.6. The fourth-order valence-electron chi connectivity index (χ4n) is 12.0. The van der Waals surface area contributed by atoms with E-state index < -0.39 is 68.8 Å². The number of nitrogens with zero attached hydrogens (tertiary/aromatic N) is 3. The van der Waals surface area contributed by atoms with Crippen molar-refractivity contribution in [1.82, 2.24) is 18.7 Å². The predicted octanol–water partition coefficient (Wildman–Crippen LogP) is 9.98. The van der Waals surface area contributed by atoms with Gasteiger partial charge in [0.25, 0.3) is 11.1 Å². The Labute approximate surface area is 476 Å². The fraction of sp³-hybridized carbons (Fsp3) is 0.182. The molecule has 0 unspecified atom stereocenters. The molecule has 0 atom stereocenters. The molecule has 7 N–H and O–H groups in total. The lowest BCUT2D eigenvalue weighted by atomic mass is 9.88. The van der Waals surface area contributed by atoms with E-state index in [1.165, 1.54) is 37.4 Å². The maximum absolute atomic E-state index is 16.1. The molecule has 424 valence electrons. The zero-order valence-electron chi connectivity index (χ0n) is 46.7. The van der Waals surface area contributed by atoms with Crippen molar-refractivity contribution in [3.8, 4) is 55.9 Å². The van der Waals surface area contributed by atoms with E-state index in [0.717, 1.165) is 37.0 Å². The number of benzene rings is 8. The third-order valence-electron chi connectivity index (χ3n) is 16.2. The van der Waals surface area contributed by atoms with Crippen molar-refractivity contribution in [1.29, 1.82) is 0 Å². The van der Waals surface area contributed by atoms with E-state index in [4.69, 9.17) is 11.5 Å². The Balaban J connectivity index is 0.000000175. The van der Waals surface area contributed by atoms with Crippen LogP contribution in [0.4, 0.5) is 17.6 Å². The van der Waals surface area contributed by atoms with E-state index in [-0.39, 0.29) is 55.4 Å². The summed E-state index contributed by atoms with van der Waals surface area (Å²) in [6, 6.07) is 29.5. The van der Waals surface area contributed by atoms with Crippen molar-refractivity contribution < 1.29 is 37.4 Å². The topological polar surface area (TPSA) is 225 Å². The second-order valence-corrected chi connectivity index (χ2v) is 22.5. The minimum absolute atomic E-state index is 0.00586. The first-order valence-electron chi connectivity index (χ1n) is 26.7. The molecule has 0 spiro atoms. The molecule has 0 radical (unpaired) electrons. The molecule has 18 heteroatoms. The number of hydrogen-bond donors (Lipinski definition) is 5. The monoisotopic (exact) mass is 1130 g/mol. The van der Waals surface area contributed by atoms with E-state index in [2.05, 4.69) is 4.98 Å². The molecule has 8 aromatic carbocycles. The van der Waals surface area contributed by atoms with Gasteiger partial charge >= 0.3 is 11.4 Å². The molecule has 0 bridgehead atoms. The smallest absolute Gasteiger partial charge is 0.335 e. The van der Waals surface area contributed by atoms with Crippen molar-refractivity contribution in [3.63, 3.8) is 0 Å². The van der Waals surface area contributed by atoms with Crippen LogP contribution in [0.5, 0.6) is 0 Å². The summed E-state index contributed by atoms with van der Waals surface area (Å²) in [6.45, 7) is 11.6. The first kappa shape index (κ1) is 56.1. The fourth-order valence-corrected chi connectivity index (χ4v) is 12.0. The van der Waals surface area contributed by atoms with Crippen LogP contribution in [-0.2, 0) is 31.1 Å². The summed E-state index contributed by atoms with van der Waals surface area (Å²) in [5.41, 5.74) is 15.3. The van der Waals surface area contributed by atoms with E-state index in [1.54, 1.807) is 109 Å². The van der Waals surface area contributed by atoms with Crippen molar-refractivity contribution in [2.45, 2.75) is 72.5 Å². The molecule has 0 saturated carbocycles. The number of H-pyrrole nitrogens is 1. The molecule has 14 nitrogen and oxygen atoms in total. The lowest BCUT2D eigenvalue weighted by molar-refractivity contribution is 0.0780. The number of aliphatic hydroxyl groups is 2. The number of hydrogen-bond acceptors (Lipinski definition) is 8. The van der Waals surface area contributed by atoms with Crippen LogP contribution >= 0.6 is 0 Å². The maximum Gasteiger partial charge on any atom is 0.335 e. The number of para-hydroxylation sites is 1. The van der Waals surface area contributed by atoms with E-state index in [0.29, 0.717) is 85.2 Å². The van der Waals surface area contributed by atoms with Gasteiger partial charge in [0.05, 0.1) is 44.4 Å². The van der Waals surface area contributed by atoms with Gasteiger partial charge in [-0.05, 0) is 193 Å². The molecule has 0 aliphatic heterocycles. The van der Waals surface area contributed by atoms with E-state index >= 15 is 8.78 Å². The highest BCUT2D eigenvalue weighted by atomic mass is 19.1. The number of rotatable bonds is 8. The second kappa shape index (κ2) is 20.0.